The summed E-state index contributed by atoms with van der Waals surface area (Å²) in [6.45, 7) is 1.23. The first-order chi connectivity index (χ1) is 24.2. The number of tetrazole rings is 1. The van der Waals surface area contributed by atoms with Gasteiger partial charge in [-0.05, 0) is 28.3 Å². The number of aryl methyl sites for hydroxylation is 1. The van der Waals surface area contributed by atoms with Crippen molar-refractivity contribution < 1.29 is 47.1 Å². The average molecular weight is 734 g/mol. The molecule has 50 heavy (non-hydrogen) atoms. The van der Waals surface area contributed by atoms with Crippen molar-refractivity contribution in [2.24, 2.45) is 0 Å². The van der Waals surface area contributed by atoms with Gasteiger partial charge in [0.15, 0.2) is 17.0 Å². The molecule has 266 valence electrons. The van der Waals surface area contributed by atoms with Crippen LogP contribution >= 0.6 is 19.4 Å². The van der Waals surface area contributed by atoms with Gasteiger partial charge in [0.2, 0.25) is 12.6 Å². The number of ether oxygens (including phenoxy) is 3. The smallest absolute Gasteiger partial charge is 0.433 e. The summed E-state index contributed by atoms with van der Waals surface area (Å²) in [5.74, 6) is 0.192. The van der Waals surface area contributed by atoms with Crippen LogP contribution in [0.5, 0.6) is 0 Å². The average Bonchev–Trinajstić information content (AvgIpc) is 3.91. The van der Waals surface area contributed by atoms with E-state index in [1.54, 1.807) is 4.57 Å². The maximum absolute atomic E-state index is 13.4. The molecule has 0 radical (unpaired) electrons. The van der Waals surface area contributed by atoms with Crippen LogP contribution in [0.1, 0.15) is 41.6 Å². The molecule has 2 fully saturated rings. The zero-order valence-electron chi connectivity index (χ0n) is 26.9. The Bertz CT molecular complexity index is 1840. The number of nitrogens with one attached hydrogen (secondary N) is 1. The van der Waals surface area contributed by atoms with Crippen molar-refractivity contribution in [2.75, 3.05) is 27.1 Å². The standard InChI is InChI=1S/C30H33ClN7O11P/c1-3-4-9-24-32-28(31)25(37(24)14-18-10-12-19(13-11-18)20-7-5-6-8-21(20)29-33-35-36-34-29)30(39)46-17-47-50(42,43-2)49-23-16-45-26-22(48-38(40)41)15-44-27(23)26/h5-8,10-13,22-23,26-27H,3-4,9,14-17H2,1-2H3,(H,33,34,35,36)/t22-,23+,26?,27?,50?/m1/s1. The van der Waals surface area contributed by atoms with E-state index in [2.05, 4.69) is 30.4 Å². The first-order valence-corrected chi connectivity index (χ1v) is 17.4. The molecule has 2 aliphatic heterocycles. The Kier molecular flexibility index (Phi) is 11.2. The molecule has 0 spiro atoms. The van der Waals surface area contributed by atoms with Gasteiger partial charge in [0, 0.05) is 25.6 Å². The lowest BCUT2D eigenvalue weighted by molar-refractivity contribution is -0.769. The monoisotopic (exact) mass is 733 g/mol. The second-order valence-corrected chi connectivity index (χ2v) is 13.3. The maximum atomic E-state index is 13.4. The molecule has 4 aromatic rings. The maximum Gasteiger partial charge on any atom is 0.477 e. The van der Waals surface area contributed by atoms with E-state index in [4.69, 9.17) is 39.4 Å². The molecule has 1 N–H and O–H groups in total. The molecular weight excluding hydrogens is 701 g/mol. The summed E-state index contributed by atoms with van der Waals surface area (Å²) in [7, 11) is -3.22. The Hall–Kier alpha value is -4.29. The minimum Gasteiger partial charge on any atom is -0.433 e. The normalized spacial score (nSPS) is 21.1. The van der Waals surface area contributed by atoms with E-state index < -0.39 is 50.1 Å². The number of imidazole rings is 1. The molecule has 0 saturated carbocycles. The number of phosphoric acid groups is 1. The van der Waals surface area contributed by atoms with Crippen LogP contribution in [0.3, 0.4) is 0 Å². The van der Waals surface area contributed by atoms with Crippen molar-refractivity contribution in [1.29, 1.82) is 0 Å². The third kappa shape index (κ3) is 7.86. The number of phosphoric ester groups is 1. The number of nitrogens with zero attached hydrogens (tertiary/aromatic N) is 6. The van der Waals surface area contributed by atoms with E-state index in [0.717, 1.165) is 42.2 Å². The van der Waals surface area contributed by atoms with E-state index in [1.165, 1.54) is 0 Å². The number of aromatic nitrogens is 6. The van der Waals surface area contributed by atoms with Crippen LogP contribution in [0.2, 0.25) is 5.15 Å². The number of rotatable bonds is 16. The van der Waals surface area contributed by atoms with Crippen LogP contribution in [-0.4, -0.2) is 92.8 Å². The molecule has 20 heteroatoms. The number of carbonyl (C=O) groups excluding carboxylic acids is 1. The highest BCUT2D eigenvalue weighted by molar-refractivity contribution is 7.48. The number of esters is 1. The molecule has 2 aliphatic rings. The predicted molar refractivity (Wildman–Crippen MR) is 172 cm³/mol. The van der Waals surface area contributed by atoms with E-state index in [0.29, 0.717) is 18.1 Å². The van der Waals surface area contributed by atoms with Crippen molar-refractivity contribution in [1.82, 2.24) is 30.2 Å². The van der Waals surface area contributed by atoms with Gasteiger partial charge in [0.05, 0.1) is 13.2 Å². The van der Waals surface area contributed by atoms with Gasteiger partial charge in [0.1, 0.15) is 24.1 Å². The summed E-state index contributed by atoms with van der Waals surface area (Å²) in [6, 6.07) is 15.5. The SMILES string of the molecule is CCCCc1nc(Cl)c(C(=O)OCOP(=O)(OC)O[C@H]2COC3C2OC[C@H]3O[N+](=O)[O-])n1Cc1ccc(-c2ccccc2-c2nn[nH]n2)cc1. The highest BCUT2D eigenvalue weighted by Crippen LogP contribution is 2.51. The minimum atomic E-state index is -4.31. The van der Waals surface area contributed by atoms with E-state index in [1.807, 2.05) is 55.5 Å². The van der Waals surface area contributed by atoms with Gasteiger partial charge in [-0.1, -0.05) is 73.5 Å². The van der Waals surface area contributed by atoms with Crippen LogP contribution < -0.4 is 0 Å². The summed E-state index contributed by atoms with van der Waals surface area (Å²) < 4.78 is 47.1. The lowest BCUT2D eigenvalue weighted by Gasteiger charge is -2.22. The van der Waals surface area contributed by atoms with Crippen molar-refractivity contribution in [2.45, 2.75) is 57.1 Å². The first kappa shape index (κ1) is 35.5. The van der Waals surface area contributed by atoms with Crippen molar-refractivity contribution in [3.05, 3.63) is 80.9 Å². The van der Waals surface area contributed by atoms with Crippen LogP contribution in [0, 0.1) is 10.1 Å². The third-order valence-electron chi connectivity index (χ3n) is 8.14. The van der Waals surface area contributed by atoms with Gasteiger partial charge < -0.3 is 23.6 Å². The Morgan fingerprint density at radius 3 is 2.52 bits per heavy atom. The van der Waals surface area contributed by atoms with Crippen LogP contribution in [0.15, 0.2) is 48.5 Å². The summed E-state index contributed by atoms with van der Waals surface area (Å²) in [5, 5.41) is 24.1. The molecule has 2 saturated heterocycles. The molecule has 5 atom stereocenters. The third-order valence-corrected chi connectivity index (χ3v) is 9.80. The molecule has 0 bridgehead atoms. The zero-order chi connectivity index (χ0) is 35.3. The lowest BCUT2D eigenvalue weighted by atomic mass is 9.98. The first-order valence-electron chi connectivity index (χ1n) is 15.6. The fourth-order valence-corrected chi connectivity index (χ4v) is 6.98. The fraction of sp³-hybridized carbons (Fsp3) is 0.433. The van der Waals surface area contributed by atoms with Gasteiger partial charge in [-0.15, -0.1) is 20.3 Å². The number of carbonyl (C=O) groups is 1. The molecule has 3 unspecified atom stereocenters. The Morgan fingerprint density at radius 2 is 1.84 bits per heavy atom. The van der Waals surface area contributed by atoms with Crippen molar-refractivity contribution in [3.8, 4) is 22.5 Å². The molecule has 2 aromatic carbocycles. The van der Waals surface area contributed by atoms with E-state index in [9.17, 15) is 19.5 Å². The van der Waals surface area contributed by atoms with Crippen molar-refractivity contribution in [3.63, 3.8) is 0 Å². The molecule has 18 nitrogen and oxygen atoms in total. The molecule has 0 aliphatic carbocycles. The Balaban J connectivity index is 1.13. The Labute approximate surface area is 290 Å². The van der Waals surface area contributed by atoms with Gasteiger partial charge in [0.25, 0.3) is 5.09 Å². The molecule has 6 rings (SSSR count). The van der Waals surface area contributed by atoms with Crippen LogP contribution in [0.4, 0.5) is 0 Å². The topological polar surface area (TPSA) is 214 Å². The number of benzene rings is 2. The number of hydrogen-bond acceptors (Lipinski definition) is 15. The van der Waals surface area contributed by atoms with Gasteiger partial charge in [-0.25, -0.2) is 18.9 Å². The minimum absolute atomic E-state index is 0.00992. The number of hydrogen-bond donors (Lipinski definition) is 1. The highest BCUT2D eigenvalue weighted by atomic mass is 35.5. The predicted octanol–water partition coefficient (Wildman–Crippen LogP) is 4.42. The van der Waals surface area contributed by atoms with E-state index >= 15 is 0 Å². The van der Waals surface area contributed by atoms with Gasteiger partial charge >= 0.3 is 13.8 Å². The van der Waals surface area contributed by atoms with E-state index in [-0.39, 0.29) is 30.6 Å². The summed E-state index contributed by atoms with van der Waals surface area (Å²) in [5.41, 5.74) is 3.51. The fourth-order valence-electron chi connectivity index (χ4n) is 5.76. The van der Waals surface area contributed by atoms with Gasteiger partial charge in [-0.2, -0.15) is 5.21 Å². The number of H-pyrrole nitrogens is 1. The number of unbranched alkanes of at least 4 members (excludes halogenated alkanes) is 1. The molecule has 2 aromatic heterocycles. The number of fused-ring (bicyclic) bond motifs is 1. The second-order valence-electron chi connectivity index (χ2n) is 11.3. The van der Waals surface area contributed by atoms with Crippen LogP contribution in [-0.2, 0) is 50.2 Å². The molecule has 0 amide bonds. The molecule has 4 heterocycles. The Morgan fingerprint density at radius 1 is 1.12 bits per heavy atom. The highest BCUT2D eigenvalue weighted by Gasteiger charge is 2.52. The van der Waals surface area contributed by atoms with Crippen LogP contribution in [0.25, 0.3) is 22.5 Å². The quantitative estimate of drug-likeness (QED) is 0.0555. The zero-order valence-corrected chi connectivity index (χ0v) is 28.5. The second kappa shape index (κ2) is 15.7. The number of aromatic amines is 1. The van der Waals surface area contributed by atoms with Crippen molar-refractivity contribution >= 4 is 25.4 Å². The summed E-state index contributed by atoms with van der Waals surface area (Å²) in [4.78, 5) is 33.2. The molecular formula is C30H33ClN7O11P. The summed E-state index contributed by atoms with van der Waals surface area (Å²) in [6.07, 6.45) is -1.31. The largest absolute Gasteiger partial charge is 0.477 e. The van der Waals surface area contributed by atoms with Gasteiger partial charge in [-0.3, -0.25) is 9.05 Å². The lowest BCUT2D eigenvalue weighted by Crippen LogP contribution is -2.34. The summed E-state index contributed by atoms with van der Waals surface area (Å²) >= 11 is 6.49. The number of halogens is 1.